The summed E-state index contributed by atoms with van der Waals surface area (Å²) in [7, 11) is 0. The molecule has 0 unspecified atom stereocenters. The van der Waals surface area contributed by atoms with Gasteiger partial charge in [0.15, 0.2) is 0 Å². The molecule has 0 spiro atoms. The van der Waals surface area contributed by atoms with Crippen molar-refractivity contribution in [3.05, 3.63) is 0 Å². The molecule has 9 heteroatoms. The molecule has 1 aliphatic carbocycles. The minimum absolute atomic E-state index is 0.161. The second kappa shape index (κ2) is 16.9. The summed E-state index contributed by atoms with van der Waals surface area (Å²) in [5, 5.41) is 17.1. The van der Waals surface area contributed by atoms with Gasteiger partial charge in [0.2, 0.25) is 5.91 Å². The van der Waals surface area contributed by atoms with Crippen LogP contribution in [0.3, 0.4) is 0 Å². The fourth-order valence-electron chi connectivity index (χ4n) is 4.85. The van der Waals surface area contributed by atoms with Gasteiger partial charge < -0.3 is 20.3 Å². The number of hydrogen-bond donors (Lipinski definition) is 3. The lowest BCUT2D eigenvalue weighted by Gasteiger charge is -2.46. The number of carbonyl (C=O) groups is 3. The van der Waals surface area contributed by atoms with Crippen LogP contribution in [0.25, 0.3) is 0 Å². The first-order valence-corrected chi connectivity index (χ1v) is 11.6. The summed E-state index contributed by atoms with van der Waals surface area (Å²) >= 11 is 0. The maximum atomic E-state index is 12.6. The van der Waals surface area contributed by atoms with E-state index in [-0.39, 0.29) is 24.4 Å². The highest BCUT2D eigenvalue weighted by Crippen LogP contribution is 2.32. The second-order valence-corrected chi connectivity index (χ2v) is 8.42. The molecular formula is C22H41N3O6. The normalized spacial score (nSPS) is 22.2. The third-order valence-electron chi connectivity index (χ3n) is 6.40. The lowest BCUT2D eigenvalue weighted by atomic mass is 9.87. The number of likely N-dealkylation sites (tertiary alicyclic amines) is 1. The lowest BCUT2D eigenvalue weighted by molar-refractivity contribution is -0.124. The number of nitrogens with zero attached hydrogens (tertiary/aromatic N) is 2. The van der Waals surface area contributed by atoms with Crippen LogP contribution >= 0.6 is 0 Å². The second-order valence-electron chi connectivity index (χ2n) is 8.42. The Labute approximate surface area is 186 Å². The zero-order chi connectivity index (χ0) is 22.8. The maximum Gasteiger partial charge on any atom is 0.290 e. The van der Waals surface area contributed by atoms with Gasteiger partial charge in [-0.15, -0.1) is 0 Å². The van der Waals surface area contributed by atoms with E-state index in [4.69, 9.17) is 24.5 Å². The Hall–Kier alpha value is -1.71. The molecule has 2 heterocycles. The molecular weight excluding hydrogens is 402 g/mol. The fraction of sp³-hybridized carbons (Fsp3) is 0.864. The molecule has 3 rings (SSSR count). The number of carbonyl (C=O) groups excluding carboxylic acids is 1. The number of ether oxygens (including phenoxy) is 1. The predicted molar refractivity (Wildman–Crippen MR) is 118 cm³/mol. The van der Waals surface area contributed by atoms with Crippen molar-refractivity contribution in [3.63, 3.8) is 0 Å². The summed E-state index contributed by atoms with van der Waals surface area (Å²) in [5.74, 6) is 0.221. The number of nitrogens with one attached hydrogen (secondary N) is 1. The zero-order valence-electron chi connectivity index (χ0n) is 18.8. The summed E-state index contributed by atoms with van der Waals surface area (Å²) in [6.45, 7) is 6.78. The van der Waals surface area contributed by atoms with Crippen LogP contribution in [0.1, 0.15) is 64.2 Å². The molecule has 0 aromatic carbocycles. The highest BCUT2D eigenvalue weighted by atomic mass is 16.5. The van der Waals surface area contributed by atoms with Gasteiger partial charge in [0, 0.05) is 25.2 Å². The van der Waals surface area contributed by atoms with Crippen molar-refractivity contribution in [3.8, 4) is 0 Å². The SMILES string of the molecule is O=C(CN1CCCCCC1)NCC1(N2CCOCC2)CCCCCC1.O=CO.O=CO. The summed E-state index contributed by atoms with van der Waals surface area (Å²) in [5.41, 5.74) is 0.161. The van der Waals surface area contributed by atoms with Crippen LogP contribution in [-0.2, 0) is 19.1 Å². The van der Waals surface area contributed by atoms with Gasteiger partial charge >= 0.3 is 0 Å². The number of amides is 1. The minimum atomic E-state index is -0.250. The molecule has 1 amide bonds. The highest BCUT2D eigenvalue weighted by Gasteiger charge is 2.38. The molecule has 180 valence electrons. The average molecular weight is 444 g/mol. The van der Waals surface area contributed by atoms with Crippen LogP contribution < -0.4 is 5.32 Å². The van der Waals surface area contributed by atoms with Crippen molar-refractivity contribution in [2.75, 3.05) is 52.5 Å². The number of rotatable bonds is 5. The highest BCUT2D eigenvalue weighted by molar-refractivity contribution is 5.78. The Morgan fingerprint density at radius 3 is 1.84 bits per heavy atom. The largest absolute Gasteiger partial charge is 0.483 e. The van der Waals surface area contributed by atoms with Crippen molar-refractivity contribution in [1.29, 1.82) is 0 Å². The van der Waals surface area contributed by atoms with Crippen LogP contribution in [0.2, 0.25) is 0 Å². The van der Waals surface area contributed by atoms with Crippen molar-refractivity contribution in [1.82, 2.24) is 15.1 Å². The van der Waals surface area contributed by atoms with E-state index in [1.54, 1.807) is 0 Å². The Bertz CT molecular complexity index is 478. The molecule has 31 heavy (non-hydrogen) atoms. The fourth-order valence-corrected chi connectivity index (χ4v) is 4.85. The van der Waals surface area contributed by atoms with Gasteiger partial charge in [0.05, 0.1) is 19.8 Å². The summed E-state index contributed by atoms with van der Waals surface area (Å²) in [6.07, 6.45) is 12.8. The third kappa shape index (κ3) is 10.9. The standard InChI is InChI=1S/C20H37N3O2.2CH2O2/c24-19(17-22-11-7-3-4-8-12-22)21-18-20(9-5-1-2-6-10-20)23-13-15-25-16-14-23;2*2-1-3/h1-18H2,(H,21,24);2*1H,(H,2,3). The Morgan fingerprint density at radius 1 is 0.839 bits per heavy atom. The van der Waals surface area contributed by atoms with Crippen LogP contribution in [0.4, 0.5) is 0 Å². The number of carboxylic acid groups (broad SMARTS) is 2. The number of hydrogen-bond acceptors (Lipinski definition) is 6. The van der Waals surface area contributed by atoms with Gasteiger partial charge in [-0.1, -0.05) is 38.5 Å². The van der Waals surface area contributed by atoms with Gasteiger partial charge in [0.1, 0.15) is 0 Å². The third-order valence-corrected chi connectivity index (χ3v) is 6.40. The lowest BCUT2D eigenvalue weighted by Crippen LogP contribution is -2.59. The van der Waals surface area contributed by atoms with Crippen molar-refractivity contribution >= 4 is 18.9 Å². The van der Waals surface area contributed by atoms with Gasteiger partial charge in [0.25, 0.3) is 12.9 Å². The first-order chi connectivity index (χ1) is 15.1. The summed E-state index contributed by atoms with van der Waals surface area (Å²) in [4.78, 5) is 34.3. The number of morpholine rings is 1. The molecule has 0 atom stereocenters. The molecule has 2 saturated heterocycles. The Morgan fingerprint density at radius 2 is 1.32 bits per heavy atom. The Kier molecular flexibility index (Phi) is 14.9. The molecule has 2 aliphatic heterocycles. The first kappa shape index (κ1) is 27.3. The Balaban J connectivity index is 0.000000720. The van der Waals surface area contributed by atoms with Crippen LogP contribution in [0, 0.1) is 0 Å². The van der Waals surface area contributed by atoms with E-state index in [1.807, 2.05) is 0 Å². The van der Waals surface area contributed by atoms with Gasteiger partial charge in [-0.25, -0.2) is 0 Å². The van der Waals surface area contributed by atoms with Crippen LogP contribution in [-0.4, -0.2) is 96.9 Å². The van der Waals surface area contributed by atoms with Crippen LogP contribution in [0.15, 0.2) is 0 Å². The topological polar surface area (TPSA) is 119 Å². The van der Waals surface area contributed by atoms with Crippen molar-refractivity contribution < 1.29 is 29.3 Å². The monoisotopic (exact) mass is 443 g/mol. The van der Waals surface area contributed by atoms with E-state index >= 15 is 0 Å². The average Bonchev–Trinajstić information content (AvgIpc) is 3.18. The van der Waals surface area contributed by atoms with Crippen molar-refractivity contribution in [2.24, 2.45) is 0 Å². The molecule has 0 aromatic rings. The molecule has 0 aromatic heterocycles. The van der Waals surface area contributed by atoms with E-state index in [9.17, 15) is 4.79 Å². The zero-order valence-corrected chi connectivity index (χ0v) is 18.8. The molecule has 0 radical (unpaired) electrons. The smallest absolute Gasteiger partial charge is 0.290 e. The predicted octanol–water partition coefficient (Wildman–Crippen LogP) is 1.81. The molecule has 0 bridgehead atoms. The molecule has 3 fully saturated rings. The van der Waals surface area contributed by atoms with Gasteiger partial charge in [-0.2, -0.15) is 0 Å². The molecule has 3 N–H and O–H groups in total. The minimum Gasteiger partial charge on any atom is -0.483 e. The van der Waals surface area contributed by atoms with Crippen molar-refractivity contribution in [2.45, 2.75) is 69.7 Å². The van der Waals surface area contributed by atoms with E-state index in [0.717, 1.165) is 45.9 Å². The van der Waals surface area contributed by atoms with E-state index < -0.39 is 0 Å². The maximum absolute atomic E-state index is 12.6. The van der Waals surface area contributed by atoms with Gasteiger partial charge in [-0.3, -0.25) is 24.2 Å². The summed E-state index contributed by atoms with van der Waals surface area (Å²) in [6, 6.07) is 0. The van der Waals surface area contributed by atoms with Crippen LogP contribution in [0.5, 0.6) is 0 Å². The quantitative estimate of drug-likeness (QED) is 0.435. The molecule has 3 aliphatic rings. The summed E-state index contributed by atoms with van der Waals surface area (Å²) < 4.78 is 5.57. The first-order valence-electron chi connectivity index (χ1n) is 11.6. The van der Waals surface area contributed by atoms with E-state index in [2.05, 4.69) is 15.1 Å². The van der Waals surface area contributed by atoms with E-state index in [0.29, 0.717) is 6.54 Å². The van der Waals surface area contributed by atoms with Gasteiger partial charge in [-0.05, 0) is 38.8 Å². The molecule has 9 nitrogen and oxygen atoms in total. The van der Waals surface area contributed by atoms with E-state index in [1.165, 1.54) is 64.2 Å². The molecule has 1 saturated carbocycles.